The summed E-state index contributed by atoms with van der Waals surface area (Å²) >= 11 is 0. The Morgan fingerprint density at radius 1 is 1.32 bits per heavy atom. The van der Waals surface area contributed by atoms with Crippen molar-refractivity contribution in [3.63, 3.8) is 0 Å². The molecule has 1 aliphatic heterocycles. The Labute approximate surface area is 118 Å². The minimum Gasteiger partial charge on any atom is -0.396 e. The number of aliphatic hydroxyl groups is 1. The fourth-order valence-electron chi connectivity index (χ4n) is 4.00. The third-order valence-electron chi connectivity index (χ3n) is 5.23. The van der Waals surface area contributed by atoms with Crippen molar-refractivity contribution in [3.8, 4) is 0 Å². The Kier molecular flexibility index (Phi) is 5.08. The standard InChI is InChI=1S/C17H31NO/c1-14-6-4-9-17(2,3)16(14)8-11-18-10-5-7-15(12-18)13-19/h15,19H,4-13H2,1-3H3. The van der Waals surface area contributed by atoms with Gasteiger partial charge in [0.25, 0.3) is 0 Å². The van der Waals surface area contributed by atoms with E-state index >= 15 is 0 Å². The molecule has 19 heavy (non-hydrogen) atoms. The number of nitrogens with zero attached hydrogens (tertiary/aromatic N) is 1. The van der Waals surface area contributed by atoms with Crippen LogP contribution in [0, 0.1) is 11.3 Å². The minimum absolute atomic E-state index is 0.365. The zero-order valence-corrected chi connectivity index (χ0v) is 13.0. The molecule has 1 unspecified atom stereocenters. The summed E-state index contributed by atoms with van der Waals surface area (Å²) in [6.45, 7) is 11.0. The van der Waals surface area contributed by atoms with Crippen LogP contribution in [0.2, 0.25) is 0 Å². The molecule has 2 nitrogen and oxygen atoms in total. The van der Waals surface area contributed by atoms with E-state index < -0.39 is 0 Å². The summed E-state index contributed by atoms with van der Waals surface area (Å²) in [7, 11) is 0. The first-order chi connectivity index (χ1) is 9.03. The minimum atomic E-state index is 0.365. The molecule has 110 valence electrons. The van der Waals surface area contributed by atoms with Crippen LogP contribution in [0.3, 0.4) is 0 Å². The highest BCUT2D eigenvalue weighted by Crippen LogP contribution is 2.41. The maximum Gasteiger partial charge on any atom is 0.0471 e. The second-order valence-corrected chi connectivity index (χ2v) is 7.24. The summed E-state index contributed by atoms with van der Waals surface area (Å²) in [5.74, 6) is 0.517. The van der Waals surface area contributed by atoms with Gasteiger partial charge in [0.2, 0.25) is 0 Å². The first kappa shape index (κ1) is 15.1. The zero-order chi connectivity index (χ0) is 13.9. The van der Waals surface area contributed by atoms with Gasteiger partial charge in [0, 0.05) is 19.7 Å². The van der Waals surface area contributed by atoms with E-state index in [-0.39, 0.29) is 0 Å². The van der Waals surface area contributed by atoms with Crippen molar-refractivity contribution < 1.29 is 5.11 Å². The molecule has 1 saturated heterocycles. The van der Waals surface area contributed by atoms with E-state index in [1.807, 2.05) is 0 Å². The maximum atomic E-state index is 9.31. The summed E-state index contributed by atoms with van der Waals surface area (Å²) in [5, 5.41) is 9.31. The van der Waals surface area contributed by atoms with Crippen molar-refractivity contribution in [2.24, 2.45) is 11.3 Å². The fourth-order valence-corrected chi connectivity index (χ4v) is 4.00. The molecule has 2 aliphatic rings. The second kappa shape index (κ2) is 6.41. The molecule has 1 aliphatic carbocycles. The summed E-state index contributed by atoms with van der Waals surface area (Å²) in [6.07, 6.45) is 7.71. The van der Waals surface area contributed by atoms with Crippen molar-refractivity contribution in [2.45, 2.75) is 59.3 Å². The van der Waals surface area contributed by atoms with Gasteiger partial charge < -0.3 is 10.0 Å². The second-order valence-electron chi connectivity index (χ2n) is 7.24. The molecular formula is C17H31NO. The van der Waals surface area contributed by atoms with E-state index in [9.17, 15) is 5.11 Å². The Morgan fingerprint density at radius 2 is 2.11 bits per heavy atom. The lowest BCUT2D eigenvalue weighted by Crippen LogP contribution is -2.38. The summed E-state index contributed by atoms with van der Waals surface area (Å²) in [5.41, 5.74) is 3.77. The van der Waals surface area contributed by atoms with Crippen LogP contribution in [0.1, 0.15) is 59.3 Å². The molecule has 0 aromatic carbocycles. The third kappa shape index (κ3) is 3.82. The van der Waals surface area contributed by atoms with Gasteiger partial charge in [0.1, 0.15) is 0 Å². The quantitative estimate of drug-likeness (QED) is 0.785. The SMILES string of the molecule is CC1=C(CCN2CCCC(CO)C2)C(C)(C)CCC1. The van der Waals surface area contributed by atoms with Crippen molar-refractivity contribution in [3.05, 3.63) is 11.1 Å². The zero-order valence-electron chi connectivity index (χ0n) is 13.0. The van der Waals surface area contributed by atoms with Gasteiger partial charge in [0.05, 0.1) is 0 Å². The van der Waals surface area contributed by atoms with Gasteiger partial charge >= 0.3 is 0 Å². The molecule has 1 atom stereocenters. The van der Waals surface area contributed by atoms with E-state index in [0.717, 1.165) is 6.54 Å². The Balaban J connectivity index is 1.90. The molecular weight excluding hydrogens is 234 g/mol. The molecule has 0 saturated carbocycles. The van der Waals surface area contributed by atoms with E-state index in [0.29, 0.717) is 17.9 Å². The normalized spacial score (nSPS) is 28.7. The van der Waals surface area contributed by atoms with Crippen LogP contribution in [0.25, 0.3) is 0 Å². The van der Waals surface area contributed by atoms with Gasteiger partial charge in [-0.3, -0.25) is 0 Å². The van der Waals surface area contributed by atoms with Crippen molar-refractivity contribution in [1.29, 1.82) is 0 Å². The van der Waals surface area contributed by atoms with E-state index in [1.54, 1.807) is 11.1 Å². The number of piperidine rings is 1. The lowest BCUT2D eigenvalue weighted by atomic mass is 9.71. The van der Waals surface area contributed by atoms with Gasteiger partial charge in [-0.25, -0.2) is 0 Å². The number of hydrogen-bond acceptors (Lipinski definition) is 2. The Bertz CT molecular complexity index is 332. The number of allylic oxidation sites excluding steroid dienone is 1. The highest BCUT2D eigenvalue weighted by Gasteiger charge is 2.28. The lowest BCUT2D eigenvalue weighted by Gasteiger charge is -2.37. The Morgan fingerprint density at radius 3 is 2.79 bits per heavy atom. The molecule has 0 spiro atoms. The summed E-state index contributed by atoms with van der Waals surface area (Å²) in [6, 6.07) is 0. The molecule has 0 radical (unpaired) electrons. The van der Waals surface area contributed by atoms with Crippen LogP contribution in [-0.4, -0.2) is 36.2 Å². The van der Waals surface area contributed by atoms with Crippen molar-refractivity contribution >= 4 is 0 Å². The van der Waals surface area contributed by atoms with Crippen LogP contribution >= 0.6 is 0 Å². The predicted molar refractivity (Wildman–Crippen MR) is 81.2 cm³/mol. The van der Waals surface area contributed by atoms with Gasteiger partial charge in [0.15, 0.2) is 0 Å². The molecule has 0 aromatic heterocycles. The highest BCUT2D eigenvalue weighted by molar-refractivity contribution is 5.22. The topological polar surface area (TPSA) is 23.5 Å². The van der Waals surface area contributed by atoms with Gasteiger partial charge in [-0.2, -0.15) is 0 Å². The molecule has 0 amide bonds. The number of hydrogen-bond donors (Lipinski definition) is 1. The van der Waals surface area contributed by atoms with Gasteiger partial charge in [-0.15, -0.1) is 0 Å². The summed E-state index contributed by atoms with van der Waals surface area (Å²) in [4.78, 5) is 2.56. The van der Waals surface area contributed by atoms with Gasteiger partial charge in [-0.05, 0) is 63.3 Å². The molecule has 2 heteroatoms. The Hall–Kier alpha value is -0.340. The average molecular weight is 265 g/mol. The molecule has 0 bridgehead atoms. The van der Waals surface area contributed by atoms with Crippen molar-refractivity contribution in [2.75, 3.05) is 26.2 Å². The predicted octanol–water partition coefficient (Wildman–Crippen LogP) is 3.61. The van der Waals surface area contributed by atoms with Crippen LogP contribution in [0.4, 0.5) is 0 Å². The van der Waals surface area contributed by atoms with Crippen molar-refractivity contribution in [1.82, 2.24) is 4.90 Å². The lowest BCUT2D eigenvalue weighted by molar-refractivity contribution is 0.120. The first-order valence-corrected chi connectivity index (χ1v) is 8.05. The van der Waals surface area contributed by atoms with E-state index in [4.69, 9.17) is 0 Å². The first-order valence-electron chi connectivity index (χ1n) is 8.05. The third-order valence-corrected chi connectivity index (χ3v) is 5.23. The van der Waals surface area contributed by atoms with Crippen LogP contribution in [-0.2, 0) is 0 Å². The van der Waals surface area contributed by atoms with E-state index in [2.05, 4.69) is 25.7 Å². The van der Waals surface area contributed by atoms with Crippen LogP contribution in [0.5, 0.6) is 0 Å². The van der Waals surface area contributed by atoms with Crippen LogP contribution in [0.15, 0.2) is 11.1 Å². The van der Waals surface area contributed by atoms with Crippen LogP contribution < -0.4 is 0 Å². The number of aliphatic hydroxyl groups excluding tert-OH is 1. The molecule has 1 fully saturated rings. The highest BCUT2D eigenvalue weighted by atomic mass is 16.3. The monoisotopic (exact) mass is 265 g/mol. The largest absolute Gasteiger partial charge is 0.396 e. The van der Waals surface area contributed by atoms with Gasteiger partial charge in [-0.1, -0.05) is 25.0 Å². The number of rotatable bonds is 4. The average Bonchev–Trinajstić information content (AvgIpc) is 2.37. The molecule has 0 aromatic rings. The summed E-state index contributed by atoms with van der Waals surface area (Å²) < 4.78 is 0. The molecule has 2 rings (SSSR count). The van der Waals surface area contributed by atoms with E-state index in [1.165, 1.54) is 51.6 Å². The maximum absolute atomic E-state index is 9.31. The molecule has 1 N–H and O–H groups in total. The molecule has 1 heterocycles. The fraction of sp³-hybridized carbons (Fsp3) is 0.882. The number of likely N-dealkylation sites (tertiary alicyclic amines) is 1. The smallest absolute Gasteiger partial charge is 0.0471 e.